The number of nitrogens with zero attached hydrogens (tertiary/aromatic N) is 1. The van der Waals surface area contributed by atoms with Gasteiger partial charge >= 0.3 is 0 Å². The molecule has 5 heteroatoms. The lowest BCUT2D eigenvalue weighted by Crippen LogP contribution is -2.13. The standard InChI is InChI=1S/C14H17N3O2/c1-6-18-13-3-2-11(8-14(13)19-7-1)9-15-10-12-4-5-16-17-12/h2-5,8,15H,1,6-7,9-10H2,(H,16,17). The van der Waals surface area contributed by atoms with Crippen LogP contribution in [0.5, 0.6) is 11.5 Å². The van der Waals surface area contributed by atoms with Gasteiger partial charge < -0.3 is 14.8 Å². The molecule has 2 heterocycles. The number of ether oxygens (including phenoxy) is 2. The molecule has 2 aromatic rings. The molecule has 19 heavy (non-hydrogen) atoms. The summed E-state index contributed by atoms with van der Waals surface area (Å²) in [6, 6.07) is 8.04. The molecule has 1 aromatic carbocycles. The predicted octanol–water partition coefficient (Wildman–Crippen LogP) is 1.86. The molecule has 0 saturated heterocycles. The van der Waals surface area contributed by atoms with Crippen molar-refractivity contribution in [1.82, 2.24) is 15.5 Å². The summed E-state index contributed by atoms with van der Waals surface area (Å²) in [5.41, 5.74) is 2.26. The van der Waals surface area contributed by atoms with Gasteiger partial charge in [0.05, 0.1) is 13.2 Å². The predicted molar refractivity (Wildman–Crippen MR) is 71.2 cm³/mol. The van der Waals surface area contributed by atoms with Crippen molar-refractivity contribution in [1.29, 1.82) is 0 Å². The summed E-state index contributed by atoms with van der Waals surface area (Å²) in [6.07, 6.45) is 2.69. The number of aromatic amines is 1. The number of nitrogens with one attached hydrogen (secondary N) is 2. The summed E-state index contributed by atoms with van der Waals surface area (Å²) in [7, 11) is 0. The molecular weight excluding hydrogens is 242 g/mol. The highest BCUT2D eigenvalue weighted by Gasteiger charge is 2.10. The molecule has 3 rings (SSSR count). The van der Waals surface area contributed by atoms with Crippen LogP contribution in [0.15, 0.2) is 30.5 Å². The van der Waals surface area contributed by atoms with E-state index in [9.17, 15) is 0 Å². The van der Waals surface area contributed by atoms with Gasteiger partial charge in [0.25, 0.3) is 0 Å². The van der Waals surface area contributed by atoms with Crippen molar-refractivity contribution in [3.05, 3.63) is 41.7 Å². The fourth-order valence-corrected chi connectivity index (χ4v) is 2.04. The summed E-state index contributed by atoms with van der Waals surface area (Å²) >= 11 is 0. The zero-order chi connectivity index (χ0) is 12.9. The third-order valence-corrected chi connectivity index (χ3v) is 3.01. The van der Waals surface area contributed by atoms with Crippen LogP contribution < -0.4 is 14.8 Å². The average molecular weight is 259 g/mol. The zero-order valence-corrected chi connectivity index (χ0v) is 10.7. The Bertz CT molecular complexity index is 525. The lowest BCUT2D eigenvalue weighted by molar-refractivity contribution is 0.297. The van der Waals surface area contributed by atoms with Gasteiger partial charge in [0.15, 0.2) is 11.5 Å². The summed E-state index contributed by atoms with van der Waals surface area (Å²) < 4.78 is 11.3. The summed E-state index contributed by atoms with van der Waals surface area (Å²) in [4.78, 5) is 0. The minimum atomic E-state index is 0.720. The van der Waals surface area contributed by atoms with E-state index in [4.69, 9.17) is 9.47 Å². The van der Waals surface area contributed by atoms with Crippen LogP contribution in [0.3, 0.4) is 0 Å². The maximum Gasteiger partial charge on any atom is 0.161 e. The lowest BCUT2D eigenvalue weighted by Gasteiger charge is -2.09. The van der Waals surface area contributed by atoms with Crippen LogP contribution in [0, 0.1) is 0 Å². The van der Waals surface area contributed by atoms with Gasteiger partial charge in [-0.05, 0) is 23.8 Å². The van der Waals surface area contributed by atoms with Crippen LogP contribution in [0.4, 0.5) is 0 Å². The van der Waals surface area contributed by atoms with Gasteiger partial charge in [-0.3, -0.25) is 5.10 Å². The van der Waals surface area contributed by atoms with E-state index < -0.39 is 0 Å². The Labute approximate surface area is 111 Å². The Hall–Kier alpha value is -2.01. The third kappa shape index (κ3) is 3.06. The summed E-state index contributed by atoms with van der Waals surface area (Å²) in [5, 5.41) is 10.2. The summed E-state index contributed by atoms with van der Waals surface area (Å²) in [6.45, 7) is 3.01. The first-order valence-corrected chi connectivity index (χ1v) is 6.49. The highest BCUT2D eigenvalue weighted by atomic mass is 16.5. The molecule has 0 amide bonds. The molecule has 0 atom stereocenters. The molecule has 1 aliphatic rings. The highest BCUT2D eigenvalue weighted by molar-refractivity contribution is 5.43. The fraction of sp³-hybridized carbons (Fsp3) is 0.357. The van der Waals surface area contributed by atoms with Crippen molar-refractivity contribution in [2.75, 3.05) is 13.2 Å². The minimum absolute atomic E-state index is 0.720. The Morgan fingerprint density at radius 1 is 1.11 bits per heavy atom. The topological polar surface area (TPSA) is 59.2 Å². The van der Waals surface area contributed by atoms with Crippen molar-refractivity contribution in [2.24, 2.45) is 0 Å². The van der Waals surface area contributed by atoms with E-state index >= 15 is 0 Å². The normalized spacial score (nSPS) is 14.1. The van der Waals surface area contributed by atoms with E-state index in [1.165, 1.54) is 5.56 Å². The van der Waals surface area contributed by atoms with Gasteiger partial charge in [-0.25, -0.2) is 0 Å². The Morgan fingerprint density at radius 2 is 2.00 bits per heavy atom. The van der Waals surface area contributed by atoms with Crippen molar-refractivity contribution in [3.8, 4) is 11.5 Å². The van der Waals surface area contributed by atoms with Gasteiger partial charge in [-0.2, -0.15) is 5.10 Å². The number of aromatic nitrogens is 2. The van der Waals surface area contributed by atoms with E-state index in [2.05, 4.69) is 21.6 Å². The minimum Gasteiger partial charge on any atom is -0.490 e. The smallest absolute Gasteiger partial charge is 0.161 e. The van der Waals surface area contributed by atoms with Gasteiger partial charge in [0.2, 0.25) is 0 Å². The number of hydrogen-bond acceptors (Lipinski definition) is 4. The maximum atomic E-state index is 5.67. The molecule has 0 bridgehead atoms. The summed E-state index contributed by atoms with van der Waals surface area (Å²) in [5.74, 6) is 1.69. The zero-order valence-electron chi connectivity index (χ0n) is 10.7. The number of H-pyrrole nitrogens is 1. The van der Waals surface area contributed by atoms with E-state index in [1.807, 2.05) is 18.2 Å². The van der Waals surface area contributed by atoms with E-state index in [1.54, 1.807) is 6.20 Å². The molecule has 1 aliphatic heterocycles. The van der Waals surface area contributed by atoms with Gasteiger partial charge in [-0.15, -0.1) is 0 Å². The first-order valence-electron chi connectivity index (χ1n) is 6.49. The number of hydrogen-bond donors (Lipinski definition) is 2. The van der Waals surface area contributed by atoms with Crippen molar-refractivity contribution in [3.63, 3.8) is 0 Å². The van der Waals surface area contributed by atoms with Crippen LogP contribution >= 0.6 is 0 Å². The maximum absolute atomic E-state index is 5.67. The molecule has 0 unspecified atom stereocenters. The van der Waals surface area contributed by atoms with Crippen molar-refractivity contribution < 1.29 is 9.47 Å². The van der Waals surface area contributed by atoms with Gasteiger partial charge in [0, 0.05) is 31.4 Å². The van der Waals surface area contributed by atoms with Crippen LogP contribution in [0.1, 0.15) is 17.7 Å². The van der Waals surface area contributed by atoms with Crippen molar-refractivity contribution in [2.45, 2.75) is 19.5 Å². The largest absolute Gasteiger partial charge is 0.490 e. The average Bonchev–Trinajstić information content (AvgIpc) is 2.83. The second-order valence-corrected chi connectivity index (χ2v) is 4.52. The van der Waals surface area contributed by atoms with Crippen LogP contribution in [-0.4, -0.2) is 23.4 Å². The van der Waals surface area contributed by atoms with Crippen molar-refractivity contribution >= 4 is 0 Å². The van der Waals surface area contributed by atoms with Gasteiger partial charge in [0.1, 0.15) is 0 Å². The lowest BCUT2D eigenvalue weighted by atomic mass is 10.2. The number of benzene rings is 1. The molecule has 1 aromatic heterocycles. The fourth-order valence-electron chi connectivity index (χ4n) is 2.04. The number of fused-ring (bicyclic) bond motifs is 1. The second-order valence-electron chi connectivity index (χ2n) is 4.52. The molecule has 100 valence electrons. The molecular formula is C14H17N3O2. The van der Waals surface area contributed by atoms with E-state index in [0.717, 1.165) is 49.9 Å². The monoisotopic (exact) mass is 259 g/mol. The Morgan fingerprint density at radius 3 is 2.84 bits per heavy atom. The number of rotatable bonds is 4. The quantitative estimate of drug-likeness (QED) is 0.880. The Balaban J connectivity index is 1.60. The SMILES string of the molecule is c1cc(CNCc2ccc3c(c2)OCCCO3)[nH]n1. The second kappa shape index (κ2) is 5.75. The van der Waals surface area contributed by atoms with E-state index in [-0.39, 0.29) is 0 Å². The third-order valence-electron chi connectivity index (χ3n) is 3.01. The van der Waals surface area contributed by atoms with Gasteiger partial charge in [-0.1, -0.05) is 6.07 Å². The molecule has 0 fully saturated rings. The molecule has 5 nitrogen and oxygen atoms in total. The molecule has 0 spiro atoms. The molecule has 0 saturated carbocycles. The van der Waals surface area contributed by atoms with Crippen LogP contribution in [0.2, 0.25) is 0 Å². The van der Waals surface area contributed by atoms with Crippen LogP contribution in [0.25, 0.3) is 0 Å². The Kier molecular flexibility index (Phi) is 3.65. The molecule has 0 radical (unpaired) electrons. The first-order chi connectivity index (χ1) is 9.42. The molecule has 0 aliphatic carbocycles. The molecule has 2 N–H and O–H groups in total. The van der Waals surface area contributed by atoms with Crippen LogP contribution in [-0.2, 0) is 13.1 Å². The first kappa shape index (κ1) is 12.0. The highest BCUT2D eigenvalue weighted by Crippen LogP contribution is 2.30. The van der Waals surface area contributed by atoms with E-state index in [0.29, 0.717) is 0 Å².